The van der Waals surface area contributed by atoms with E-state index in [1.165, 1.54) is 12.7 Å². The maximum atomic E-state index is 12.9. The van der Waals surface area contributed by atoms with Crippen LogP contribution in [0.1, 0.15) is 53.0 Å². The molecule has 6 rings (SSSR count). The van der Waals surface area contributed by atoms with Crippen LogP contribution in [0.25, 0.3) is 11.0 Å². The van der Waals surface area contributed by atoms with Crippen molar-refractivity contribution in [2.24, 2.45) is 5.92 Å². The molecule has 2 bridgehead atoms. The molecule has 148 valence electrons. The Bertz CT molecular complexity index is 894. The lowest BCUT2D eigenvalue weighted by Gasteiger charge is -2.44. The summed E-state index contributed by atoms with van der Waals surface area (Å²) in [4.78, 5) is 34.4. The van der Waals surface area contributed by atoms with E-state index in [-0.39, 0.29) is 23.6 Å². The third kappa shape index (κ3) is 3.07. The van der Waals surface area contributed by atoms with Gasteiger partial charge in [0.2, 0.25) is 0 Å². The standard InChI is InChI=1S/C21H26N4O3/c26-20(23-17-12-24-10-5-14(17)6-11-24)18-19-15(4-7-22-18)16(13-28-19)21(27)25-8-2-1-3-9-25/h4,7,13-14,17H,1-3,5-6,8-12H2,(H,23,26)/t17-/m0/s1. The van der Waals surface area contributed by atoms with Crippen molar-refractivity contribution >= 4 is 22.8 Å². The van der Waals surface area contributed by atoms with Crippen LogP contribution in [0.2, 0.25) is 0 Å². The van der Waals surface area contributed by atoms with Crippen LogP contribution in [-0.4, -0.2) is 65.4 Å². The minimum atomic E-state index is -0.212. The van der Waals surface area contributed by atoms with Crippen LogP contribution in [0.3, 0.4) is 0 Å². The van der Waals surface area contributed by atoms with E-state index in [0.717, 1.165) is 58.4 Å². The van der Waals surface area contributed by atoms with Gasteiger partial charge < -0.3 is 19.5 Å². The average molecular weight is 382 g/mol. The average Bonchev–Trinajstić information content (AvgIpc) is 3.19. The number of fused-ring (bicyclic) bond motifs is 4. The Kier molecular flexibility index (Phi) is 4.55. The van der Waals surface area contributed by atoms with E-state index in [2.05, 4.69) is 15.2 Å². The number of likely N-dealkylation sites (tertiary alicyclic amines) is 1. The molecule has 0 unspecified atom stereocenters. The topological polar surface area (TPSA) is 78.7 Å². The number of pyridine rings is 1. The van der Waals surface area contributed by atoms with Crippen molar-refractivity contribution in [3.8, 4) is 0 Å². The highest BCUT2D eigenvalue weighted by atomic mass is 16.3. The van der Waals surface area contributed by atoms with Crippen molar-refractivity contribution < 1.29 is 14.0 Å². The molecule has 4 saturated heterocycles. The number of nitrogens with one attached hydrogen (secondary N) is 1. The van der Waals surface area contributed by atoms with Gasteiger partial charge in [0, 0.05) is 37.3 Å². The highest BCUT2D eigenvalue weighted by Gasteiger charge is 2.35. The van der Waals surface area contributed by atoms with Crippen LogP contribution >= 0.6 is 0 Å². The fraction of sp³-hybridized carbons (Fsp3) is 0.571. The lowest BCUT2D eigenvalue weighted by molar-refractivity contribution is 0.0618. The summed E-state index contributed by atoms with van der Waals surface area (Å²) < 4.78 is 5.68. The second-order valence-electron chi connectivity index (χ2n) is 8.26. The Hall–Kier alpha value is -2.41. The molecule has 0 radical (unpaired) electrons. The van der Waals surface area contributed by atoms with Gasteiger partial charge in [-0.05, 0) is 57.2 Å². The van der Waals surface area contributed by atoms with Crippen molar-refractivity contribution in [2.45, 2.75) is 38.1 Å². The Morgan fingerprint density at radius 3 is 2.61 bits per heavy atom. The van der Waals surface area contributed by atoms with Crippen LogP contribution in [0.15, 0.2) is 22.9 Å². The molecule has 6 heterocycles. The molecule has 0 aromatic carbocycles. The molecule has 1 atom stereocenters. The first-order valence-electron chi connectivity index (χ1n) is 10.4. The number of furan rings is 1. The second-order valence-corrected chi connectivity index (χ2v) is 8.26. The fourth-order valence-electron chi connectivity index (χ4n) is 4.92. The number of amides is 2. The van der Waals surface area contributed by atoms with Gasteiger partial charge >= 0.3 is 0 Å². The van der Waals surface area contributed by atoms with E-state index in [9.17, 15) is 9.59 Å². The molecule has 2 aromatic heterocycles. The summed E-state index contributed by atoms with van der Waals surface area (Å²) in [6.07, 6.45) is 8.59. The third-order valence-corrected chi connectivity index (χ3v) is 6.55. The monoisotopic (exact) mass is 382 g/mol. The number of rotatable bonds is 3. The molecular formula is C21H26N4O3. The maximum absolute atomic E-state index is 12.9. The van der Waals surface area contributed by atoms with Crippen LogP contribution in [-0.2, 0) is 0 Å². The van der Waals surface area contributed by atoms with Gasteiger partial charge in [0.15, 0.2) is 11.3 Å². The van der Waals surface area contributed by atoms with Gasteiger partial charge in [-0.25, -0.2) is 4.98 Å². The summed E-state index contributed by atoms with van der Waals surface area (Å²) in [5.41, 5.74) is 1.20. The molecule has 2 aromatic rings. The smallest absolute Gasteiger partial charge is 0.274 e. The van der Waals surface area contributed by atoms with Crippen molar-refractivity contribution in [1.29, 1.82) is 0 Å². The van der Waals surface area contributed by atoms with E-state index in [1.54, 1.807) is 12.3 Å². The fourth-order valence-corrected chi connectivity index (χ4v) is 4.92. The summed E-state index contributed by atoms with van der Waals surface area (Å²) in [6, 6.07) is 1.93. The Morgan fingerprint density at radius 2 is 1.89 bits per heavy atom. The minimum Gasteiger partial charge on any atom is -0.461 e. The number of aromatic nitrogens is 1. The Balaban J connectivity index is 1.39. The summed E-state index contributed by atoms with van der Waals surface area (Å²) in [6.45, 7) is 4.73. The van der Waals surface area contributed by atoms with Gasteiger partial charge in [-0.15, -0.1) is 0 Å². The second kappa shape index (κ2) is 7.20. The Morgan fingerprint density at radius 1 is 1.11 bits per heavy atom. The summed E-state index contributed by atoms with van der Waals surface area (Å²) >= 11 is 0. The number of piperidine rings is 4. The van der Waals surface area contributed by atoms with Crippen LogP contribution in [0, 0.1) is 5.92 Å². The van der Waals surface area contributed by atoms with Crippen LogP contribution in [0.4, 0.5) is 0 Å². The zero-order chi connectivity index (χ0) is 19.1. The zero-order valence-corrected chi connectivity index (χ0v) is 16.0. The van der Waals surface area contributed by atoms with Crippen LogP contribution in [0.5, 0.6) is 0 Å². The van der Waals surface area contributed by atoms with Crippen molar-refractivity contribution in [2.75, 3.05) is 32.7 Å². The van der Waals surface area contributed by atoms with E-state index >= 15 is 0 Å². The first-order chi connectivity index (χ1) is 13.7. The number of hydrogen-bond donors (Lipinski definition) is 1. The normalized spacial score (nSPS) is 27.1. The molecule has 4 fully saturated rings. The van der Waals surface area contributed by atoms with Gasteiger partial charge in [-0.2, -0.15) is 0 Å². The van der Waals surface area contributed by atoms with Crippen molar-refractivity contribution in [3.05, 3.63) is 29.8 Å². The first-order valence-corrected chi connectivity index (χ1v) is 10.4. The molecule has 1 N–H and O–H groups in total. The van der Waals surface area contributed by atoms with Gasteiger partial charge in [-0.3, -0.25) is 9.59 Å². The van der Waals surface area contributed by atoms with E-state index in [1.807, 2.05) is 4.90 Å². The molecule has 4 aliphatic rings. The molecule has 0 aliphatic carbocycles. The van der Waals surface area contributed by atoms with E-state index < -0.39 is 0 Å². The number of carbonyl (C=O) groups excluding carboxylic acids is 2. The molecule has 4 aliphatic heterocycles. The molecule has 0 spiro atoms. The number of hydrogen-bond acceptors (Lipinski definition) is 5. The lowest BCUT2D eigenvalue weighted by Crippen LogP contribution is -2.57. The highest BCUT2D eigenvalue weighted by Crippen LogP contribution is 2.29. The van der Waals surface area contributed by atoms with Crippen molar-refractivity contribution in [3.63, 3.8) is 0 Å². The molecule has 0 saturated carbocycles. The third-order valence-electron chi connectivity index (χ3n) is 6.55. The van der Waals surface area contributed by atoms with E-state index in [4.69, 9.17) is 4.42 Å². The predicted octanol–water partition coefficient (Wildman–Crippen LogP) is 2.28. The summed E-state index contributed by atoms with van der Waals surface area (Å²) in [5, 5.41) is 3.83. The zero-order valence-electron chi connectivity index (χ0n) is 16.0. The predicted molar refractivity (Wildman–Crippen MR) is 104 cm³/mol. The summed E-state index contributed by atoms with van der Waals surface area (Å²) in [7, 11) is 0. The first kappa shape index (κ1) is 17.7. The largest absolute Gasteiger partial charge is 0.461 e. The van der Waals surface area contributed by atoms with Crippen molar-refractivity contribution in [1.82, 2.24) is 20.1 Å². The Labute approximate surface area is 164 Å². The van der Waals surface area contributed by atoms with Gasteiger partial charge in [-0.1, -0.05) is 0 Å². The van der Waals surface area contributed by atoms with Gasteiger partial charge in [0.1, 0.15) is 6.26 Å². The lowest BCUT2D eigenvalue weighted by atomic mass is 9.84. The number of nitrogens with zero attached hydrogens (tertiary/aromatic N) is 3. The maximum Gasteiger partial charge on any atom is 0.274 e. The SMILES string of the molecule is O=C(N[C@H]1CN2CCC1CC2)c1nccc2c(C(=O)N3CCCCC3)coc12. The minimum absolute atomic E-state index is 0.0200. The van der Waals surface area contributed by atoms with Gasteiger partial charge in [0.05, 0.1) is 5.56 Å². The van der Waals surface area contributed by atoms with Gasteiger partial charge in [0.25, 0.3) is 11.8 Å². The number of carbonyl (C=O) groups is 2. The molecule has 28 heavy (non-hydrogen) atoms. The molecule has 7 heteroatoms. The molecule has 7 nitrogen and oxygen atoms in total. The molecule has 2 amide bonds. The quantitative estimate of drug-likeness (QED) is 0.881. The van der Waals surface area contributed by atoms with E-state index in [0.29, 0.717) is 22.5 Å². The van der Waals surface area contributed by atoms with Crippen LogP contribution < -0.4 is 5.32 Å². The highest BCUT2D eigenvalue weighted by molar-refractivity contribution is 6.10. The molecular weight excluding hydrogens is 356 g/mol. The summed E-state index contributed by atoms with van der Waals surface area (Å²) in [5.74, 6) is 0.310.